The SMILES string of the molecule is CC[C@@](NC(=O)CCCc1ccccc1)(C(N)=O)C(C)C. The number of carbonyl (C=O) groups is 2. The van der Waals surface area contributed by atoms with Gasteiger partial charge in [-0.05, 0) is 30.7 Å². The predicted molar refractivity (Wildman–Crippen MR) is 84.6 cm³/mol. The van der Waals surface area contributed by atoms with Gasteiger partial charge in [-0.15, -0.1) is 0 Å². The van der Waals surface area contributed by atoms with E-state index in [4.69, 9.17) is 5.73 Å². The van der Waals surface area contributed by atoms with E-state index in [9.17, 15) is 9.59 Å². The van der Waals surface area contributed by atoms with Crippen molar-refractivity contribution in [2.45, 2.75) is 52.0 Å². The van der Waals surface area contributed by atoms with E-state index in [0.717, 1.165) is 12.8 Å². The Bertz CT molecular complexity index is 471. The quantitative estimate of drug-likeness (QED) is 0.771. The van der Waals surface area contributed by atoms with Gasteiger partial charge in [0.15, 0.2) is 0 Å². The molecule has 1 aromatic carbocycles. The number of nitrogens with two attached hydrogens (primary N) is 1. The number of aryl methyl sites for hydroxylation is 1. The Morgan fingerprint density at radius 3 is 2.33 bits per heavy atom. The molecule has 0 unspecified atom stereocenters. The van der Waals surface area contributed by atoms with Crippen LogP contribution in [0.2, 0.25) is 0 Å². The van der Waals surface area contributed by atoms with Gasteiger partial charge in [0.2, 0.25) is 11.8 Å². The van der Waals surface area contributed by atoms with Crippen molar-refractivity contribution in [2.24, 2.45) is 11.7 Å². The highest BCUT2D eigenvalue weighted by Gasteiger charge is 2.39. The first-order valence-electron chi connectivity index (χ1n) is 7.57. The average Bonchev–Trinajstić information content (AvgIpc) is 2.45. The molecule has 116 valence electrons. The van der Waals surface area contributed by atoms with Gasteiger partial charge in [0.25, 0.3) is 0 Å². The van der Waals surface area contributed by atoms with E-state index in [0.29, 0.717) is 12.8 Å². The summed E-state index contributed by atoms with van der Waals surface area (Å²) in [5.74, 6) is -0.602. The van der Waals surface area contributed by atoms with Crippen LogP contribution in [0.15, 0.2) is 30.3 Å². The second kappa shape index (κ2) is 7.81. The van der Waals surface area contributed by atoms with Gasteiger partial charge in [-0.2, -0.15) is 0 Å². The van der Waals surface area contributed by atoms with Crippen molar-refractivity contribution in [3.05, 3.63) is 35.9 Å². The molecule has 1 atom stereocenters. The molecule has 0 saturated carbocycles. The molecule has 1 aromatic rings. The molecular formula is C17H26N2O2. The maximum atomic E-state index is 12.1. The third-order valence-electron chi connectivity index (χ3n) is 4.06. The molecule has 0 aliphatic rings. The van der Waals surface area contributed by atoms with Gasteiger partial charge < -0.3 is 11.1 Å². The van der Waals surface area contributed by atoms with Crippen LogP contribution in [0.4, 0.5) is 0 Å². The molecule has 0 aliphatic carbocycles. The van der Waals surface area contributed by atoms with Crippen molar-refractivity contribution >= 4 is 11.8 Å². The summed E-state index contributed by atoms with van der Waals surface area (Å²) in [6.45, 7) is 5.67. The van der Waals surface area contributed by atoms with Crippen molar-refractivity contribution < 1.29 is 9.59 Å². The number of nitrogens with one attached hydrogen (secondary N) is 1. The summed E-state index contributed by atoms with van der Waals surface area (Å²) in [7, 11) is 0. The third-order valence-corrected chi connectivity index (χ3v) is 4.06. The summed E-state index contributed by atoms with van der Waals surface area (Å²) >= 11 is 0. The number of carbonyl (C=O) groups excluding carboxylic acids is 2. The fourth-order valence-corrected chi connectivity index (χ4v) is 2.57. The first kappa shape index (κ1) is 17.2. The van der Waals surface area contributed by atoms with E-state index >= 15 is 0 Å². The topological polar surface area (TPSA) is 72.2 Å². The number of primary amides is 1. The summed E-state index contributed by atoms with van der Waals surface area (Å²) in [5, 5.41) is 2.85. The molecule has 21 heavy (non-hydrogen) atoms. The van der Waals surface area contributed by atoms with Gasteiger partial charge >= 0.3 is 0 Å². The number of rotatable bonds is 8. The lowest BCUT2D eigenvalue weighted by Gasteiger charge is -2.34. The second-order valence-electron chi connectivity index (χ2n) is 5.73. The molecule has 2 amide bonds. The van der Waals surface area contributed by atoms with Crippen LogP contribution in [-0.2, 0) is 16.0 Å². The maximum absolute atomic E-state index is 12.1. The van der Waals surface area contributed by atoms with Gasteiger partial charge in [0, 0.05) is 6.42 Å². The summed E-state index contributed by atoms with van der Waals surface area (Å²) in [5.41, 5.74) is 5.77. The normalized spacial score (nSPS) is 13.7. The van der Waals surface area contributed by atoms with Gasteiger partial charge in [0.05, 0.1) is 0 Å². The zero-order valence-corrected chi connectivity index (χ0v) is 13.2. The third kappa shape index (κ3) is 4.59. The first-order chi connectivity index (χ1) is 9.92. The summed E-state index contributed by atoms with van der Waals surface area (Å²) in [6.07, 6.45) is 2.51. The van der Waals surface area contributed by atoms with Crippen LogP contribution in [0, 0.1) is 5.92 Å². The smallest absolute Gasteiger partial charge is 0.243 e. The van der Waals surface area contributed by atoms with E-state index in [1.807, 2.05) is 51.1 Å². The fourth-order valence-electron chi connectivity index (χ4n) is 2.57. The van der Waals surface area contributed by atoms with E-state index in [1.165, 1.54) is 5.56 Å². The molecule has 0 radical (unpaired) electrons. The Balaban J connectivity index is 2.53. The largest absolute Gasteiger partial charge is 0.368 e. The lowest BCUT2D eigenvalue weighted by molar-refractivity contribution is -0.133. The number of hydrogen-bond acceptors (Lipinski definition) is 2. The minimum atomic E-state index is -0.941. The minimum Gasteiger partial charge on any atom is -0.368 e. The van der Waals surface area contributed by atoms with Crippen molar-refractivity contribution in [1.29, 1.82) is 0 Å². The lowest BCUT2D eigenvalue weighted by Crippen LogP contribution is -2.60. The van der Waals surface area contributed by atoms with Crippen molar-refractivity contribution in [1.82, 2.24) is 5.32 Å². The van der Waals surface area contributed by atoms with E-state index in [-0.39, 0.29) is 11.8 Å². The number of amides is 2. The monoisotopic (exact) mass is 290 g/mol. The highest BCUT2D eigenvalue weighted by atomic mass is 16.2. The molecule has 4 nitrogen and oxygen atoms in total. The summed E-state index contributed by atoms with van der Waals surface area (Å²) < 4.78 is 0. The van der Waals surface area contributed by atoms with Crippen LogP contribution < -0.4 is 11.1 Å². The van der Waals surface area contributed by atoms with Crippen LogP contribution >= 0.6 is 0 Å². The van der Waals surface area contributed by atoms with E-state index in [1.54, 1.807) is 0 Å². The molecule has 0 spiro atoms. The molecular weight excluding hydrogens is 264 g/mol. The molecule has 0 aromatic heterocycles. The Kier molecular flexibility index (Phi) is 6.40. The maximum Gasteiger partial charge on any atom is 0.243 e. The highest BCUT2D eigenvalue weighted by Crippen LogP contribution is 2.21. The van der Waals surface area contributed by atoms with Gasteiger partial charge in [0.1, 0.15) is 5.54 Å². The second-order valence-corrected chi connectivity index (χ2v) is 5.73. The standard InChI is InChI=1S/C17H26N2O2/c1-4-17(13(2)3,16(18)21)19-15(20)12-8-11-14-9-6-5-7-10-14/h5-7,9-10,13H,4,8,11-12H2,1-3H3,(H2,18,21)(H,19,20)/t17-/m0/s1. The van der Waals surface area contributed by atoms with Crippen LogP contribution in [0.1, 0.15) is 45.6 Å². The number of benzene rings is 1. The fraction of sp³-hybridized carbons (Fsp3) is 0.529. The van der Waals surface area contributed by atoms with Gasteiger partial charge in [-0.25, -0.2) is 0 Å². The average molecular weight is 290 g/mol. The molecule has 0 saturated heterocycles. The Morgan fingerprint density at radius 1 is 1.24 bits per heavy atom. The van der Waals surface area contributed by atoms with E-state index in [2.05, 4.69) is 5.32 Å². The zero-order chi connectivity index (χ0) is 15.9. The van der Waals surface area contributed by atoms with Crippen molar-refractivity contribution in [3.8, 4) is 0 Å². The Hall–Kier alpha value is -1.84. The summed E-state index contributed by atoms with van der Waals surface area (Å²) in [6, 6.07) is 10.0. The highest BCUT2D eigenvalue weighted by molar-refractivity contribution is 5.90. The molecule has 0 heterocycles. The van der Waals surface area contributed by atoms with Crippen LogP contribution in [0.25, 0.3) is 0 Å². The first-order valence-corrected chi connectivity index (χ1v) is 7.57. The number of hydrogen-bond donors (Lipinski definition) is 2. The van der Waals surface area contributed by atoms with Crippen molar-refractivity contribution in [3.63, 3.8) is 0 Å². The molecule has 3 N–H and O–H groups in total. The van der Waals surface area contributed by atoms with Gasteiger partial charge in [-0.3, -0.25) is 9.59 Å². The van der Waals surface area contributed by atoms with Gasteiger partial charge in [-0.1, -0.05) is 51.1 Å². The lowest BCUT2D eigenvalue weighted by atomic mass is 9.83. The van der Waals surface area contributed by atoms with Crippen LogP contribution in [0.3, 0.4) is 0 Å². The minimum absolute atomic E-state index is 0.0296. The summed E-state index contributed by atoms with van der Waals surface area (Å²) in [4.78, 5) is 23.8. The Morgan fingerprint density at radius 2 is 1.86 bits per heavy atom. The molecule has 1 rings (SSSR count). The van der Waals surface area contributed by atoms with E-state index < -0.39 is 11.4 Å². The molecule has 4 heteroatoms. The molecule has 0 bridgehead atoms. The molecule has 0 fully saturated rings. The predicted octanol–water partition coefficient (Wildman–Crippen LogP) is 2.42. The van der Waals surface area contributed by atoms with Crippen LogP contribution in [0.5, 0.6) is 0 Å². The van der Waals surface area contributed by atoms with Crippen molar-refractivity contribution in [2.75, 3.05) is 0 Å². The zero-order valence-electron chi connectivity index (χ0n) is 13.2. The molecule has 0 aliphatic heterocycles. The van der Waals surface area contributed by atoms with Crippen LogP contribution in [-0.4, -0.2) is 17.4 Å². The Labute approximate surface area is 127 Å².